The number of halogens is 1. The van der Waals surface area contributed by atoms with Gasteiger partial charge < -0.3 is 4.57 Å². The van der Waals surface area contributed by atoms with E-state index < -0.39 is 0 Å². The molecule has 0 atom stereocenters. The number of hydrogen-bond acceptors (Lipinski definition) is 2. The van der Waals surface area contributed by atoms with Gasteiger partial charge in [-0.2, -0.15) is 11.8 Å². The van der Waals surface area contributed by atoms with Gasteiger partial charge in [-0.3, -0.25) is 4.90 Å². The van der Waals surface area contributed by atoms with Crippen LogP contribution in [0.4, 0.5) is 0 Å². The maximum atomic E-state index is 6.68. The number of rotatable bonds is 4. The van der Waals surface area contributed by atoms with Crippen LogP contribution in [0.5, 0.6) is 0 Å². The summed E-state index contributed by atoms with van der Waals surface area (Å²) in [5.41, 5.74) is 6.14. The SMILES string of the molecule is Cc1c(CN2CCSCC2)cc(-c2cccc3ccccc23)n1-c1ccccc1Cl. The van der Waals surface area contributed by atoms with Crippen molar-refractivity contribution < 1.29 is 0 Å². The molecule has 0 amide bonds. The minimum atomic E-state index is 0.776. The van der Waals surface area contributed by atoms with E-state index in [-0.39, 0.29) is 0 Å². The van der Waals surface area contributed by atoms with E-state index in [1.165, 1.54) is 44.8 Å². The zero-order valence-electron chi connectivity index (χ0n) is 17.1. The number of thioether (sulfide) groups is 1. The van der Waals surface area contributed by atoms with Crippen molar-refractivity contribution >= 4 is 34.1 Å². The molecule has 0 spiro atoms. The summed E-state index contributed by atoms with van der Waals surface area (Å²) in [4.78, 5) is 2.57. The van der Waals surface area contributed by atoms with Gasteiger partial charge in [0.1, 0.15) is 0 Å². The molecule has 1 aromatic heterocycles. The van der Waals surface area contributed by atoms with Gasteiger partial charge >= 0.3 is 0 Å². The van der Waals surface area contributed by atoms with Crippen LogP contribution in [0.1, 0.15) is 11.3 Å². The first-order valence-electron chi connectivity index (χ1n) is 10.5. The first-order chi connectivity index (χ1) is 14.7. The molecule has 0 unspecified atom stereocenters. The molecule has 0 aliphatic carbocycles. The van der Waals surface area contributed by atoms with E-state index >= 15 is 0 Å². The number of fused-ring (bicyclic) bond motifs is 1. The molecule has 1 saturated heterocycles. The summed E-state index contributed by atoms with van der Waals surface area (Å²) >= 11 is 8.73. The zero-order valence-corrected chi connectivity index (χ0v) is 18.7. The van der Waals surface area contributed by atoms with Gasteiger partial charge in [-0.25, -0.2) is 0 Å². The molecule has 1 fully saturated rings. The molecule has 152 valence electrons. The topological polar surface area (TPSA) is 8.17 Å². The monoisotopic (exact) mass is 432 g/mol. The van der Waals surface area contributed by atoms with E-state index in [4.69, 9.17) is 11.6 Å². The van der Waals surface area contributed by atoms with Crippen LogP contribution in [-0.4, -0.2) is 34.1 Å². The van der Waals surface area contributed by atoms with Crippen molar-refractivity contribution in [2.75, 3.05) is 24.6 Å². The third kappa shape index (κ3) is 3.66. The average Bonchev–Trinajstić information content (AvgIpc) is 3.10. The predicted molar refractivity (Wildman–Crippen MR) is 131 cm³/mol. The normalized spacial score (nSPS) is 15.0. The molecule has 0 radical (unpaired) electrons. The Bertz CT molecular complexity index is 1190. The maximum absolute atomic E-state index is 6.68. The Morgan fingerprint density at radius 1 is 0.900 bits per heavy atom. The molecule has 2 heterocycles. The Morgan fingerprint density at radius 2 is 1.63 bits per heavy atom. The molecular weight excluding hydrogens is 408 g/mol. The van der Waals surface area contributed by atoms with Gasteiger partial charge in [0.2, 0.25) is 0 Å². The van der Waals surface area contributed by atoms with Gasteiger partial charge in [0.05, 0.1) is 16.4 Å². The highest BCUT2D eigenvalue weighted by Gasteiger charge is 2.20. The van der Waals surface area contributed by atoms with Crippen molar-refractivity contribution in [3.05, 3.63) is 89.1 Å². The second-order valence-electron chi connectivity index (χ2n) is 7.84. The lowest BCUT2D eigenvalue weighted by atomic mass is 10.0. The third-order valence-electron chi connectivity index (χ3n) is 6.01. The fourth-order valence-corrected chi connectivity index (χ4v) is 5.61. The van der Waals surface area contributed by atoms with Crippen LogP contribution in [-0.2, 0) is 6.54 Å². The van der Waals surface area contributed by atoms with Gasteiger partial charge in [-0.15, -0.1) is 0 Å². The van der Waals surface area contributed by atoms with Crippen LogP contribution < -0.4 is 0 Å². The van der Waals surface area contributed by atoms with Crippen LogP contribution in [0.15, 0.2) is 72.8 Å². The predicted octanol–water partition coefficient (Wildman–Crippen LogP) is 6.81. The molecule has 5 rings (SSSR count). The average molecular weight is 433 g/mol. The molecule has 30 heavy (non-hydrogen) atoms. The van der Waals surface area contributed by atoms with Gasteiger partial charge in [0, 0.05) is 42.4 Å². The highest BCUT2D eigenvalue weighted by atomic mass is 35.5. The van der Waals surface area contributed by atoms with Crippen LogP contribution in [0, 0.1) is 6.92 Å². The molecule has 0 N–H and O–H groups in total. The van der Waals surface area contributed by atoms with Crippen molar-refractivity contribution in [1.29, 1.82) is 0 Å². The third-order valence-corrected chi connectivity index (χ3v) is 7.27. The Morgan fingerprint density at radius 3 is 2.47 bits per heavy atom. The Kier molecular flexibility index (Phi) is 5.60. The van der Waals surface area contributed by atoms with Gasteiger partial charge in [0.25, 0.3) is 0 Å². The van der Waals surface area contributed by atoms with Crippen LogP contribution in [0.25, 0.3) is 27.7 Å². The van der Waals surface area contributed by atoms with Crippen molar-refractivity contribution in [3.63, 3.8) is 0 Å². The lowest BCUT2D eigenvalue weighted by Gasteiger charge is -2.26. The standard InChI is InChI=1S/C26H25ClN2S/c1-19-21(18-28-13-15-30-16-14-28)17-26(29(19)25-12-5-4-11-24(25)27)23-10-6-8-20-7-2-3-9-22(20)23/h2-12,17H,13-16,18H2,1H3. The summed E-state index contributed by atoms with van der Waals surface area (Å²) in [5.74, 6) is 2.45. The number of aromatic nitrogens is 1. The first-order valence-corrected chi connectivity index (χ1v) is 12.0. The Labute approximate surface area is 187 Å². The molecule has 2 nitrogen and oxygen atoms in total. The van der Waals surface area contributed by atoms with E-state index in [0.29, 0.717) is 0 Å². The summed E-state index contributed by atoms with van der Waals surface area (Å²) in [6, 6.07) is 25.7. The number of hydrogen-bond donors (Lipinski definition) is 0. The minimum absolute atomic E-state index is 0.776. The molecule has 3 aromatic carbocycles. The van der Waals surface area contributed by atoms with Crippen LogP contribution in [0.3, 0.4) is 0 Å². The molecular formula is C26H25ClN2S. The minimum Gasteiger partial charge on any atom is -0.312 e. The smallest absolute Gasteiger partial charge is 0.0646 e. The van der Waals surface area contributed by atoms with Crippen LogP contribution >= 0.6 is 23.4 Å². The Hall–Kier alpha value is -2.20. The molecule has 4 aromatic rings. The second-order valence-corrected chi connectivity index (χ2v) is 9.47. The number of para-hydroxylation sites is 1. The van der Waals surface area contributed by atoms with Gasteiger partial charge in [-0.1, -0.05) is 66.2 Å². The van der Waals surface area contributed by atoms with E-state index in [1.54, 1.807) is 0 Å². The van der Waals surface area contributed by atoms with Crippen molar-refractivity contribution in [2.24, 2.45) is 0 Å². The molecule has 4 heteroatoms. The van der Waals surface area contributed by atoms with E-state index in [2.05, 4.69) is 88.8 Å². The van der Waals surface area contributed by atoms with Crippen molar-refractivity contribution in [2.45, 2.75) is 13.5 Å². The van der Waals surface area contributed by atoms with Crippen molar-refractivity contribution in [1.82, 2.24) is 9.47 Å². The van der Waals surface area contributed by atoms with Crippen LogP contribution in [0.2, 0.25) is 5.02 Å². The fourth-order valence-electron chi connectivity index (χ4n) is 4.41. The molecule has 0 saturated carbocycles. The van der Waals surface area contributed by atoms with Gasteiger partial charge in [-0.05, 0) is 41.5 Å². The quantitative estimate of drug-likeness (QED) is 0.350. The van der Waals surface area contributed by atoms with Crippen molar-refractivity contribution in [3.8, 4) is 16.9 Å². The second kappa shape index (κ2) is 8.50. The molecule has 0 bridgehead atoms. The summed E-state index contributed by atoms with van der Waals surface area (Å²) in [6.07, 6.45) is 0. The maximum Gasteiger partial charge on any atom is 0.0646 e. The number of nitrogens with zero attached hydrogens (tertiary/aromatic N) is 2. The van der Waals surface area contributed by atoms with Gasteiger partial charge in [0.15, 0.2) is 0 Å². The lowest BCUT2D eigenvalue weighted by molar-refractivity contribution is 0.294. The fraction of sp³-hybridized carbons (Fsp3) is 0.231. The highest BCUT2D eigenvalue weighted by Crippen LogP contribution is 2.36. The summed E-state index contributed by atoms with van der Waals surface area (Å²) in [7, 11) is 0. The largest absolute Gasteiger partial charge is 0.312 e. The first kappa shape index (κ1) is 19.7. The Balaban J connectivity index is 1.70. The molecule has 1 aliphatic rings. The number of benzene rings is 3. The van der Waals surface area contributed by atoms with E-state index in [9.17, 15) is 0 Å². The summed E-state index contributed by atoms with van der Waals surface area (Å²) in [5, 5.41) is 3.31. The summed E-state index contributed by atoms with van der Waals surface area (Å²) in [6.45, 7) is 5.53. The molecule has 1 aliphatic heterocycles. The van der Waals surface area contributed by atoms with E-state index in [0.717, 1.165) is 30.3 Å². The van der Waals surface area contributed by atoms with E-state index in [1.807, 2.05) is 12.1 Å². The lowest BCUT2D eigenvalue weighted by Crippen LogP contribution is -2.32. The summed E-state index contributed by atoms with van der Waals surface area (Å²) < 4.78 is 2.35. The highest BCUT2D eigenvalue weighted by molar-refractivity contribution is 7.99. The zero-order chi connectivity index (χ0) is 20.5.